The summed E-state index contributed by atoms with van der Waals surface area (Å²) in [7, 11) is 6.06. The van der Waals surface area contributed by atoms with Gasteiger partial charge < -0.3 is 14.8 Å². The number of aromatic nitrogens is 3. The first-order valence-corrected chi connectivity index (χ1v) is 6.86. The molecular formula is C15H23N5. The van der Waals surface area contributed by atoms with Crippen molar-refractivity contribution in [2.24, 2.45) is 7.05 Å². The lowest BCUT2D eigenvalue weighted by Gasteiger charge is -2.20. The first-order valence-electron chi connectivity index (χ1n) is 6.86. The molecule has 108 valence electrons. The number of hydrogen-bond acceptors (Lipinski definition) is 4. The molecular weight excluding hydrogens is 250 g/mol. The number of rotatable bonds is 5. The van der Waals surface area contributed by atoms with Crippen LogP contribution in [0.1, 0.15) is 37.3 Å². The third kappa shape index (κ3) is 3.17. The smallest absolute Gasteiger partial charge is 0.149 e. The van der Waals surface area contributed by atoms with Gasteiger partial charge in [-0.3, -0.25) is 0 Å². The van der Waals surface area contributed by atoms with Crippen molar-refractivity contribution in [3.05, 3.63) is 42.0 Å². The number of hydrogen-bond donors (Lipinski definition) is 1. The maximum absolute atomic E-state index is 4.14. The van der Waals surface area contributed by atoms with Crippen LogP contribution in [0.15, 0.2) is 30.6 Å². The van der Waals surface area contributed by atoms with Crippen molar-refractivity contribution in [3.63, 3.8) is 0 Å². The number of nitrogens with one attached hydrogen (secondary N) is 1. The summed E-state index contributed by atoms with van der Waals surface area (Å²) < 4.78 is 1.94. The van der Waals surface area contributed by atoms with Crippen molar-refractivity contribution in [3.8, 4) is 0 Å². The monoisotopic (exact) mass is 273 g/mol. The Bertz CT molecular complexity index is 544. The van der Waals surface area contributed by atoms with Crippen LogP contribution in [0.25, 0.3) is 0 Å². The van der Waals surface area contributed by atoms with E-state index in [0.717, 1.165) is 5.82 Å². The Labute approximate surface area is 120 Å². The second-order valence-corrected chi connectivity index (χ2v) is 5.40. The van der Waals surface area contributed by atoms with Crippen LogP contribution >= 0.6 is 0 Å². The van der Waals surface area contributed by atoms with E-state index in [1.54, 1.807) is 6.33 Å². The largest absolute Gasteiger partial charge is 0.378 e. The van der Waals surface area contributed by atoms with Crippen LogP contribution < -0.4 is 10.2 Å². The van der Waals surface area contributed by atoms with E-state index in [1.807, 2.05) is 25.7 Å². The van der Waals surface area contributed by atoms with Crippen LogP contribution in [0.5, 0.6) is 0 Å². The highest BCUT2D eigenvalue weighted by Gasteiger charge is 2.15. The topological polar surface area (TPSA) is 46.0 Å². The maximum atomic E-state index is 4.14. The Balaban J connectivity index is 2.04. The van der Waals surface area contributed by atoms with Crippen molar-refractivity contribution in [2.45, 2.75) is 25.9 Å². The van der Waals surface area contributed by atoms with Crippen LogP contribution in [0.3, 0.4) is 0 Å². The molecule has 0 amide bonds. The van der Waals surface area contributed by atoms with Gasteiger partial charge in [0.2, 0.25) is 0 Å². The quantitative estimate of drug-likeness (QED) is 0.908. The summed E-state index contributed by atoms with van der Waals surface area (Å²) in [6.45, 7) is 4.27. The molecule has 0 saturated carbocycles. The molecule has 1 aromatic heterocycles. The van der Waals surface area contributed by atoms with Crippen LogP contribution in [-0.2, 0) is 7.05 Å². The molecule has 2 rings (SSSR count). The maximum Gasteiger partial charge on any atom is 0.149 e. The average Bonchev–Trinajstić information content (AvgIpc) is 2.85. The summed E-state index contributed by atoms with van der Waals surface area (Å²) in [6.07, 6.45) is 1.73. The van der Waals surface area contributed by atoms with Gasteiger partial charge in [0, 0.05) is 32.9 Å². The average molecular weight is 273 g/mol. The molecule has 1 N–H and O–H groups in total. The van der Waals surface area contributed by atoms with Gasteiger partial charge in [-0.2, -0.15) is 0 Å². The SMILES string of the molecule is CC(NC(C)c1nncn1C)c1ccc(N(C)C)cc1. The predicted octanol–water partition coefficient (Wildman–Crippen LogP) is 2.29. The lowest BCUT2D eigenvalue weighted by Crippen LogP contribution is -2.24. The Morgan fingerprint density at radius 2 is 1.75 bits per heavy atom. The first kappa shape index (κ1) is 14.5. The van der Waals surface area contributed by atoms with E-state index < -0.39 is 0 Å². The summed E-state index contributed by atoms with van der Waals surface area (Å²) in [5.74, 6) is 0.946. The predicted molar refractivity (Wildman–Crippen MR) is 81.7 cm³/mol. The third-order valence-corrected chi connectivity index (χ3v) is 3.54. The van der Waals surface area contributed by atoms with Gasteiger partial charge in [-0.05, 0) is 31.5 Å². The molecule has 0 saturated heterocycles. The van der Waals surface area contributed by atoms with E-state index in [4.69, 9.17) is 0 Å². The lowest BCUT2D eigenvalue weighted by molar-refractivity contribution is 0.466. The molecule has 5 nitrogen and oxygen atoms in total. The van der Waals surface area contributed by atoms with Crippen molar-refractivity contribution in [2.75, 3.05) is 19.0 Å². The van der Waals surface area contributed by atoms with E-state index in [2.05, 4.69) is 58.5 Å². The minimum absolute atomic E-state index is 0.158. The van der Waals surface area contributed by atoms with Gasteiger partial charge in [-0.25, -0.2) is 0 Å². The molecule has 0 fully saturated rings. The molecule has 2 unspecified atom stereocenters. The molecule has 2 aromatic rings. The summed E-state index contributed by atoms with van der Waals surface area (Å²) in [5.41, 5.74) is 2.48. The number of nitrogens with zero attached hydrogens (tertiary/aromatic N) is 4. The Kier molecular flexibility index (Phi) is 4.39. The molecule has 0 aliphatic carbocycles. The Morgan fingerprint density at radius 3 is 2.25 bits per heavy atom. The van der Waals surface area contributed by atoms with Gasteiger partial charge >= 0.3 is 0 Å². The highest BCUT2D eigenvalue weighted by Crippen LogP contribution is 2.20. The second kappa shape index (κ2) is 6.05. The van der Waals surface area contributed by atoms with Crippen LogP contribution in [-0.4, -0.2) is 28.9 Å². The van der Waals surface area contributed by atoms with E-state index in [0.29, 0.717) is 0 Å². The van der Waals surface area contributed by atoms with Gasteiger partial charge in [0.25, 0.3) is 0 Å². The van der Waals surface area contributed by atoms with Gasteiger partial charge in [0.05, 0.1) is 6.04 Å². The molecule has 2 atom stereocenters. The zero-order valence-electron chi connectivity index (χ0n) is 12.8. The molecule has 0 spiro atoms. The minimum atomic E-state index is 0.158. The van der Waals surface area contributed by atoms with E-state index in [9.17, 15) is 0 Å². The molecule has 0 radical (unpaired) electrons. The summed E-state index contributed by atoms with van der Waals surface area (Å²) >= 11 is 0. The third-order valence-electron chi connectivity index (χ3n) is 3.54. The minimum Gasteiger partial charge on any atom is -0.378 e. The highest BCUT2D eigenvalue weighted by molar-refractivity contribution is 5.46. The zero-order chi connectivity index (χ0) is 14.7. The molecule has 1 aromatic carbocycles. The lowest BCUT2D eigenvalue weighted by atomic mass is 10.1. The molecule has 0 aliphatic rings. The normalized spacial score (nSPS) is 14.1. The highest BCUT2D eigenvalue weighted by atomic mass is 15.3. The van der Waals surface area contributed by atoms with Crippen molar-refractivity contribution in [1.29, 1.82) is 0 Å². The van der Waals surface area contributed by atoms with Crippen molar-refractivity contribution in [1.82, 2.24) is 20.1 Å². The summed E-state index contributed by atoms with van der Waals surface area (Å²) in [5, 5.41) is 11.6. The Morgan fingerprint density at radius 1 is 1.10 bits per heavy atom. The molecule has 0 aliphatic heterocycles. The van der Waals surface area contributed by atoms with E-state index in [1.165, 1.54) is 11.3 Å². The molecule has 1 heterocycles. The number of anilines is 1. The number of benzene rings is 1. The zero-order valence-corrected chi connectivity index (χ0v) is 12.8. The molecule has 20 heavy (non-hydrogen) atoms. The van der Waals surface area contributed by atoms with E-state index >= 15 is 0 Å². The second-order valence-electron chi connectivity index (χ2n) is 5.40. The van der Waals surface area contributed by atoms with Crippen LogP contribution in [0, 0.1) is 0 Å². The number of aryl methyl sites for hydroxylation is 1. The van der Waals surface area contributed by atoms with Gasteiger partial charge in [0.1, 0.15) is 12.2 Å². The Hall–Kier alpha value is -1.88. The van der Waals surface area contributed by atoms with Crippen LogP contribution in [0.4, 0.5) is 5.69 Å². The van der Waals surface area contributed by atoms with Gasteiger partial charge in [0.15, 0.2) is 0 Å². The van der Waals surface area contributed by atoms with E-state index in [-0.39, 0.29) is 12.1 Å². The summed E-state index contributed by atoms with van der Waals surface area (Å²) in [6, 6.07) is 9.03. The standard InChI is InChI=1S/C15H23N5/c1-11(13-6-8-14(9-7-13)19(3)4)17-12(2)15-18-16-10-20(15)5/h6-12,17H,1-5H3. The summed E-state index contributed by atoms with van der Waals surface area (Å²) in [4.78, 5) is 2.10. The van der Waals surface area contributed by atoms with Gasteiger partial charge in [-0.15, -0.1) is 10.2 Å². The van der Waals surface area contributed by atoms with Gasteiger partial charge in [-0.1, -0.05) is 12.1 Å². The first-order chi connectivity index (χ1) is 9.49. The molecule has 0 bridgehead atoms. The molecule has 5 heteroatoms. The van der Waals surface area contributed by atoms with Crippen molar-refractivity contribution < 1.29 is 0 Å². The fraction of sp³-hybridized carbons (Fsp3) is 0.467. The van der Waals surface area contributed by atoms with Crippen molar-refractivity contribution >= 4 is 5.69 Å². The fourth-order valence-corrected chi connectivity index (χ4v) is 2.29. The van der Waals surface area contributed by atoms with Crippen LogP contribution in [0.2, 0.25) is 0 Å². The fourth-order valence-electron chi connectivity index (χ4n) is 2.29.